The van der Waals surface area contributed by atoms with Gasteiger partial charge in [-0.2, -0.15) is 0 Å². The molecule has 0 spiro atoms. The maximum Gasteiger partial charge on any atom is 0.306 e. The number of rotatable bonds is 42. The molecule has 6 nitrogen and oxygen atoms in total. The van der Waals surface area contributed by atoms with E-state index < -0.39 is 18.2 Å². The van der Waals surface area contributed by atoms with Crippen LogP contribution in [0.1, 0.15) is 194 Å². The molecule has 0 aliphatic heterocycles. The summed E-state index contributed by atoms with van der Waals surface area (Å²) in [5.41, 5.74) is 0. The Bertz CT molecular complexity index is 1330. The second-order valence-electron chi connectivity index (χ2n) is 16.2. The van der Waals surface area contributed by atoms with Crippen LogP contribution in [0.3, 0.4) is 0 Å². The maximum atomic E-state index is 13.2. The van der Waals surface area contributed by atoms with Crippen LogP contribution in [0.5, 0.6) is 0 Å². The van der Waals surface area contributed by atoms with Crippen molar-refractivity contribution < 1.29 is 24.5 Å². The van der Waals surface area contributed by atoms with Gasteiger partial charge in [-0.1, -0.05) is 232 Å². The van der Waals surface area contributed by atoms with Gasteiger partial charge in [-0.15, -0.1) is 0 Å². The highest BCUT2D eigenvalue weighted by Crippen LogP contribution is 2.15. The van der Waals surface area contributed by atoms with Gasteiger partial charge in [0.05, 0.1) is 25.2 Å². The summed E-state index contributed by atoms with van der Waals surface area (Å²) in [5, 5.41) is 23.7. The summed E-state index contributed by atoms with van der Waals surface area (Å²) in [7, 11) is 0. The molecule has 62 heavy (non-hydrogen) atoms. The molecule has 0 aliphatic carbocycles. The fraction of sp³-hybridized carbons (Fsp3) is 0.607. The van der Waals surface area contributed by atoms with Gasteiger partial charge in [0.1, 0.15) is 6.10 Å². The molecule has 0 radical (unpaired) electrons. The maximum absolute atomic E-state index is 13.2. The zero-order valence-corrected chi connectivity index (χ0v) is 39.7. The molecule has 0 saturated carbocycles. The number of esters is 1. The monoisotopic (exact) mass is 858 g/mol. The molecular formula is C56H91NO5. The first-order valence-electron chi connectivity index (χ1n) is 24.8. The van der Waals surface area contributed by atoms with Gasteiger partial charge in [0.25, 0.3) is 0 Å². The van der Waals surface area contributed by atoms with Crippen LogP contribution < -0.4 is 5.32 Å². The van der Waals surface area contributed by atoms with E-state index >= 15 is 0 Å². The van der Waals surface area contributed by atoms with E-state index in [1.54, 1.807) is 0 Å². The predicted octanol–water partition coefficient (Wildman–Crippen LogP) is 14.9. The molecule has 0 aliphatic rings. The summed E-state index contributed by atoms with van der Waals surface area (Å²) in [4.78, 5) is 26.1. The largest absolute Gasteiger partial charge is 0.461 e. The fourth-order valence-electron chi connectivity index (χ4n) is 6.71. The van der Waals surface area contributed by atoms with Gasteiger partial charge in [-0.25, -0.2) is 0 Å². The highest BCUT2D eigenvalue weighted by molar-refractivity contribution is 5.77. The number of allylic oxidation sites excluding steroid dienone is 19. The van der Waals surface area contributed by atoms with Crippen molar-refractivity contribution >= 4 is 11.9 Å². The Balaban J connectivity index is 4.84. The number of aliphatic hydroxyl groups excluding tert-OH is 2. The minimum atomic E-state index is -0.827. The van der Waals surface area contributed by atoms with E-state index in [-0.39, 0.29) is 24.9 Å². The Morgan fingerprint density at radius 2 is 0.968 bits per heavy atom. The normalized spacial score (nSPS) is 14.3. The highest BCUT2D eigenvalue weighted by Gasteiger charge is 2.23. The molecular weight excluding hydrogens is 767 g/mol. The van der Waals surface area contributed by atoms with Crippen molar-refractivity contribution in [1.29, 1.82) is 0 Å². The number of aliphatic hydroxyl groups is 2. The van der Waals surface area contributed by atoms with Gasteiger partial charge in [0.2, 0.25) is 5.91 Å². The summed E-state index contributed by atoms with van der Waals surface area (Å²) in [6.45, 7) is 6.17. The van der Waals surface area contributed by atoms with E-state index in [0.29, 0.717) is 19.3 Å². The van der Waals surface area contributed by atoms with Crippen molar-refractivity contribution in [2.45, 2.75) is 212 Å². The molecule has 6 heteroatoms. The van der Waals surface area contributed by atoms with Crippen LogP contribution in [0.4, 0.5) is 0 Å². The van der Waals surface area contributed by atoms with Gasteiger partial charge in [0.15, 0.2) is 0 Å². The van der Waals surface area contributed by atoms with Crippen LogP contribution in [-0.2, 0) is 14.3 Å². The lowest BCUT2D eigenvalue weighted by Crippen LogP contribution is -2.46. The molecule has 0 saturated heterocycles. The number of carbonyl (C=O) groups excluding carboxylic acids is 2. The van der Waals surface area contributed by atoms with Gasteiger partial charge in [-0.05, 0) is 64.2 Å². The molecule has 0 aromatic heterocycles. The molecule has 0 aromatic carbocycles. The van der Waals surface area contributed by atoms with Crippen LogP contribution in [-0.4, -0.2) is 46.9 Å². The summed E-state index contributed by atoms with van der Waals surface area (Å²) in [6, 6.07) is -0.749. The van der Waals surface area contributed by atoms with Crippen LogP contribution in [0.15, 0.2) is 122 Å². The quantitative estimate of drug-likeness (QED) is 0.0246. The first-order valence-corrected chi connectivity index (χ1v) is 24.8. The van der Waals surface area contributed by atoms with E-state index in [1.165, 1.54) is 64.2 Å². The molecule has 1 amide bonds. The predicted molar refractivity (Wildman–Crippen MR) is 268 cm³/mol. The topological polar surface area (TPSA) is 95.9 Å². The minimum absolute atomic E-state index is 0.0261. The van der Waals surface area contributed by atoms with E-state index in [9.17, 15) is 19.8 Å². The van der Waals surface area contributed by atoms with Crippen LogP contribution in [0.25, 0.3) is 0 Å². The summed E-state index contributed by atoms with van der Waals surface area (Å²) >= 11 is 0. The van der Waals surface area contributed by atoms with Crippen LogP contribution in [0, 0.1) is 0 Å². The Kier molecular flexibility index (Phi) is 45.4. The van der Waals surface area contributed by atoms with Crippen molar-refractivity contribution in [3.8, 4) is 0 Å². The zero-order valence-electron chi connectivity index (χ0n) is 39.7. The van der Waals surface area contributed by atoms with Gasteiger partial charge >= 0.3 is 5.97 Å². The first-order chi connectivity index (χ1) is 30.5. The minimum Gasteiger partial charge on any atom is -0.461 e. The third-order valence-corrected chi connectivity index (χ3v) is 10.4. The zero-order chi connectivity index (χ0) is 45.2. The summed E-state index contributed by atoms with van der Waals surface area (Å²) in [6.07, 6.45) is 67.0. The van der Waals surface area contributed by atoms with Crippen molar-refractivity contribution in [3.63, 3.8) is 0 Å². The number of amides is 1. The molecule has 0 fully saturated rings. The van der Waals surface area contributed by atoms with Gasteiger partial charge < -0.3 is 20.3 Å². The second-order valence-corrected chi connectivity index (χ2v) is 16.2. The molecule has 3 atom stereocenters. The van der Waals surface area contributed by atoms with Gasteiger partial charge in [0, 0.05) is 12.8 Å². The molecule has 350 valence electrons. The lowest BCUT2D eigenvalue weighted by atomic mass is 10.0. The lowest BCUT2D eigenvalue weighted by Gasteiger charge is -2.24. The van der Waals surface area contributed by atoms with Crippen molar-refractivity contribution in [3.05, 3.63) is 122 Å². The number of ether oxygens (including phenoxy) is 1. The molecule has 3 N–H and O–H groups in total. The van der Waals surface area contributed by atoms with E-state index in [4.69, 9.17) is 4.74 Å². The molecule has 3 unspecified atom stereocenters. The number of unbranched alkanes of at least 4 members (excludes halogenated alkanes) is 15. The van der Waals surface area contributed by atoms with Gasteiger partial charge in [-0.3, -0.25) is 9.59 Å². The number of hydrogen-bond acceptors (Lipinski definition) is 5. The lowest BCUT2D eigenvalue weighted by molar-refractivity contribution is -0.150. The number of carbonyl (C=O) groups is 2. The number of nitrogens with one attached hydrogen (secondary N) is 1. The first kappa shape index (κ1) is 58.3. The highest BCUT2D eigenvalue weighted by atomic mass is 16.5. The van der Waals surface area contributed by atoms with E-state index in [0.717, 1.165) is 83.5 Å². The Hall–Kier alpha value is -3.74. The van der Waals surface area contributed by atoms with Crippen molar-refractivity contribution in [2.24, 2.45) is 0 Å². The standard InChI is InChI=1S/C56H91NO5/c1-4-7-10-13-16-19-22-25-27-30-32-35-38-41-44-47-52(62-56(61)49-46-43-40-37-34-31-28-26-23-20-17-14-11-8-5-2)50-55(60)57-53(51-58)54(59)48-45-42-39-36-33-29-24-21-18-15-12-9-6-3/h7-8,10-11,14,16-17,19-20,23,25-28,31-32,34-35,41,44,52-54,58-59H,4-6,9,12-13,15,18,21-22,24,29-30,33,36-40,42-43,45-51H2,1-3H3,(H,57,60)/b10-7-,11-8+,17-14+,19-16-,23-20-,27-25-,28-26-,34-31+,35-32-,44-41-. The average Bonchev–Trinajstić information content (AvgIpc) is 3.26. The Labute approximate surface area is 380 Å². The SMILES string of the molecule is CC/C=C\C/C=C\C/C=C\C/C=C\C/C=C\CC(CC(=O)NC(CO)C(O)CCCCCCCCCCCCCCC)OC(=O)CCCCC/C=C/C=C\C=C/C=C/C=C/CC. The van der Waals surface area contributed by atoms with E-state index in [1.807, 2.05) is 60.8 Å². The Morgan fingerprint density at radius 1 is 0.516 bits per heavy atom. The molecule has 0 heterocycles. The number of hydrogen-bond donors (Lipinski definition) is 3. The second kappa shape index (κ2) is 48.3. The third kappa shape index (κ3) is 42.9. The third-order valence-electron chi connectivity index (χ3n) is 10.4. The van der Waals surface area contributed by atoms with Crippen LogP contribution in [0.2, 0.25) is 0 Å². The molecule has 0 bridgehead atoms. The summed E-state index contributed by atoms with van der Waals surface area (Å²) in [5.74, 6) is -0.642. The average molecular weight is 858 g/mol. The van der Waals surface area contributed by atoms with Crippen LogP contribution >= 0.6 is 0 Å². The molecule has 0 aromatic rings. The summed E-state index contributed by atoms with van der Waals surface area (Å²) < 4.78 is 5.84. The van der Waals surface area contributed by atoms with E-state index in [2.05, 4.69) is 86.8 Å². The smallest absolute Gasteiger partial charge is 0.306 e. The molecule has 0 rings (SSSR count). The Morgan fingerprint density at radius 3 is 1.48 bits per heavy atom. The van der Waals surface area contributed by atoms with Crippen molar-refractivity contribution in [1.82, 2.24) is 5.32 Å². The van der Waals surface area contributed by atoms with Crippen molar-refractivity contribution in [2.75, 3.05) is 6.61 Å². The fourth-order valence-corrected chi connectivity index (χ4v) is 6.71.